The maximum Gasteiger partial charge on any atom is 0.253 e. The van der Waals surface area contributed by atoms with Crippen molar-refractivity contribution in [2.75, 3.05) is 13.7 Å². The molecule has 138 valence electrons. The van der Waals surface area contributed by atoms with E-state index in [2.05, 4.69) is 15.3 Å². The molecule has 0 radical (unpaired) electrons. The van der Waals surface area contributed by atoms with Crippen molar-refractivity contribution >= 4 is 5.91 Å². The number of nitrogens with zero attached hydrogens (tertiary/aromatic N) is 2. The van der Waals surface area contributed by atoms with Crippen molar-refractivity contribution in [2.24, 2.45) is 0 Å². The predicted molar refractivity (Wildman–Crippen MR) is 94.3 cm³/mol. The van der Waals surface area contributed by atoms with Crippen molar-refractivity contribution in [3.63, 3.8) is 0 Å². The maximum atomic E-state index is 13.5. The Morgan fingerprint density at radius 3 is 2.85 bits per heavy atom. The average Bonchev–Trinajstić information content (AvgIpc) is 2.67. The van der Waals surface area contributed by atoms with Crippen LogP contribution in [-0.2, 0) is 0 Å². The standard InChI is InChI=1S/C19H22FN3O3/c1-26-18-15(20)11-21-16(23-18)13-6-5-7-14(10-13)17(24)22-12-19(25)8-3-2-4-9-19/h5-7,10-11,25H,2-4,8-9,12H2,1H3,(H,22,24). The van der Waals surface area contributed by atoms with Crippen molar-refractivity contribution in [3.05, 3.63) is 41.8 Å². The number of carbonyl (C=O) groups is 1. The second-order valence-electron chi connectivity index (χ2n) is 6.60. The van der Waals surface area contributed by atoms with Crippen LogP contribution in [0.1, 0.15) is 42.5 Å². The maximum absolute atomic E-state index is 13.5. The van der Waals surface area contributed by atoms with Gasteiger partial charge in [-0.05, 0) is 25.0 Å². The largest absolute Gasteiger partial charge is 0.479 e. The van der Waals surface area contributed by atoms with E-state index in [1.165, 1.54) is 7.11 Å². The number of rotatable bonds is 5. The molecule has 26 heavy (non-hydrogen) atoms. The van der Waals surface area contributed by atoms with E-state index in [-0.39, 0.29) is 24.2 Å². The molecule has 1 heterocycles. The summed E-state index contributed by atoms with van der Waals surface area (Å²) in [7, 11) is 1.33. The summed E-state index contributed by atoms with van der Waals surface area (Å²) < 4.78 is 18.3. The molecule has 6 nitrogen and oxygen atoms in total. The molecule has 1 aliphatic rings. The lowest BCUT2D eigenvalue weighted by atomic mass is 9.85. The van der Waals surface area contributed by atoms with Gasteiger partial charge in [-0.2, -0.15) is 9.37 Å². The van der Waals surface area contributed by atoms with Crippen LogP contribution in [0.25, 0.3) is 11.4 Å². The van der Waals surface area contributed by atoms with Crippen LogP contribution >= 0.6 is 0 Å². The van der Waals surface area contributed by atoms with E-state index in [1.54, 1.807) is 24.3 Å². The van der Waals surface area contributed by atoms with Gasteiger partial charge >= 0.3 is 0 Å². The highest BCUT2D eigenvalue weighted by Gasteiger charge is 2.29. The highest BCUT2D eigenvalue weighted by atomic mass is 19.1. The van der Waals surface area contributed by atoms with Gasteiger partial charge in [0, 0.05) is 17.7 Å². The molecule has 1 aliphatic carbocycles. The van der Waals surface area contributed by atoms with E-state index < -0.39 is 11.4 Å². The number of nitrogens with one attached hydrogen (secondary N) is 1. The summed E-state index contributed by atoms with van der Waals surface area (Å²) in [5.74, 6) is -0.806. The second kappa shape index (κ2) is 7.78. The van der Waals surface area contributed by atoms with Crippen molar-refractivity contribution in [2.45, 2.75) is 37.7 Å². The zero-order valence-corrected chi connectivity index (χ0v) is 14.7. The molecule has 0 saturated heterocycles. The molecule has 1 amide bonds. The number of aliphatic hydroxyl groups is 1. The summed E-state index contributed by atoms with van der Waals surface area (Å²) >= 11 is 0. The minimum Gasteiger partial charge on any atom is -0.479 e. The molecular weight excluding hydrogens is 337 g/mol. The molecule has 1 fully saturated rings. The first kappa shape index (κ1) is 18.3. The molecule has 0 bridgehead atoms. The summed E-state index contributed by atoms with van der Waals surface area (Å²) in [6, 6.07) is 6.74. The first-order valence-electron chi connectivity index (χ1n) is 8.68. The molecule has 3 rings (SSSR count). The van der Waals surface area contributed by atoms with Crippen LogP contribution in [0.4, 0.5) is 4.39 Å². The molecule has 0 spiro atoms. The Kier molecular flexibility index (Phi) is 5.46. The zero-order valence-electron chi connectivity index (χ0n) is 14.7. The summed E-state index contributed by atoms with van der Waals surface area (Å²) in [5, 5.41) is 13.3. The van der Waals surface area contributed by atoms with Gasteiger partial charge in [-0.25, -0.2) is 4.98 Å². The lowest BCUT2D eigenvalue weighted by molar-refractivity contribution is 0.00526. The molecule has 1 aromatic carbocycles. The Labute approximate surface area is 151 Å². The van der Waals surface area contributed by atoms with Gasteiger partial charge in [0.1, 0.15) is 0 Å². The fourth-order valence-electron chi connectivity index (χ4n) is 3.17. The third-order valence-corrected chi connectivity index (χ3v) is 4.65. The van der Waals surface area contributed by atoms with Crippen LogP contribution in [0.15, 0.2) is 30.5 Å². The smallest absolute Gasteiger partial charge is 0.253 e. The van der Waals surface area contributed by atoms with E-state index in [9.17, 15) is 14.3 Å². The van der Waals surface area contributed by atoms with E-state index in [1.807, 2.05) is 0 Å². The summed E-state index contributed by atoms with van der Waals surface area (Å²) in [6.07, 6.45) is 5.52. The summed E-state index contributed by atoms with van der Waals surface area (Å²) in [5.41, 5.74) is 0.181. The number of hydrogen-bond acceptors (Lipinski definition) is 5. The third-order valence-electron chi connectivity index (χ3n) is 4.65. The van der Waals surface area contributed by atoms with Gasteiger partial charge in [0.15, 0.2) is 5.82 Å². The van der Waals surface area contributed by atoms with E-state index in [0.717, 1.165) is 25.5 Å². The molecule has 0 atom stereocenters. The highest BCUT2D eigenvalue weighted by molar-refractivity contribution is 5.95. The Hall–Kier alpha value is -2.54. The Balaban J connectivity index is 1.73. The minimum absolute atomic E-state index is 0.149. The highest BCUT2D eigenvalue weighted by Crippen LogP contribution is 2.27. The minimum atomic E-state index is -0.820. The number of benzene rings is 1. The fraction of sp³-hybridized carbons (Fsp3) is 0.421. The number of amides is 1. The lowest BCUT2D eigenvalue weighted by Gasteiger charge is -2.32. The van der Waals surface area contributed by atoms with Crippen molar-refractivity contribution in [1.82, 2.24) is 15.3 Å². The number of methoxy groups -OCH3 is 1. The van der Waals surface area contributed by atoms with Crippen LogP contribution in [0.2, 0.25) is 0 Å². The number of aromatic nitrogens is 2. The predicted octanol–water partition coefficient (Wildman–Crippen LogP) is 2.72. The monoisotopic (exact) mass is 359 g/mol. The Morgan fingerprint density at radius 2 is 2.12 bits per heavy atom. The summed E-state index contributed by atoms with van der Waals surface area (Å²) in [4.78, 5) is 20.4. The van der Waals surface area contributed by atoms with Gasteiger partial charge in [0.2, 0.25) is 5.82 Å². The second-order valence-corrected chi connectivity index (χ2v) is 6.60. The topological polar surface area (TPSA) is 84.3 Å². The van der Waals surface area contributed by atoms with Gasteiger partial charge < -0.3 is 15.2 Å². The molecule has 0 unspecified atom stereocenters. The fourth-order valence-corrected chi connectivity index (χ4v) is 3.17. The summed E-state index contributed by atoms with van der Waals surface area (Å²) in [6.45, 7) is 0.233. The molecule has 2 N–H and O–H groups in total. The van der Waals surface area contributed by atoms with Crippen molar-refractivity contribution < 1.29 is 19.0 Å². The van der Waals surface area contributed by atoms with Crippen LogP contribution in [0, 0.1) is 5.82 Å². The van der Waals surface area contributed by atoms with Crippen LogP contribution < -0.4 is 10.1 Å². The van der Waals surface area contributed by atoms with Gasteiger partial charge in [0.25, 0.3) is 11.8 Å². The number of halogens is 1. The van der Waals surface area contributed by atoms with Gasteiger partial charge in [-0.1, -0.05) is 31.4 Å². The quantitative estimate of drug-likeness (QED) is 0.857. The first-order chi connectivity index (χ1) is 12.5. The molecule has 1 saturated carbocycles. The third kappa shape index (κ3) is 4.16. The molecule has 1 aromatic heterocycles. The van der Waals surface area contributed by atoms with Crippen molar-refractivity contribution in [1.29, 1.82) is 0 Å². The van der Waals surface area contributed by atoms with E-state index in [0.29, 0.717) is 24.0 Å². The zero-order chi connectivity index (χ0) is 18.6. The average molecular weight is 359 g/mol. The lowest BCUT2D eigenvalue weighted by Crippen LogP contribution is -2.44. The molecule has 7 heteroatoms. The van der Waals surface area contributed by atoms with Crippen LogP contribution in [0.3, 0.4) is 0 Å². The van der Waals surface area contributed by atoms with Crippen LogP contribution in [0.5, 0.6) is 5.88 Å². The first-order valence-corrected chi connectivity index (χ1v) is 8.68. The normalized spacial score (nSPS) is 16.1. The van der Waals surface area contributed by atoms with E-state index in [4.69, 9.17) is 4.74 Å². The molecular formula is C19H22FN3O3. The van der Waals surface area contributed by atoms with Crippen LogP contribution in [-0.4, -0.2) is 40.2 Å². The van der Waals surface area contributed by atoms with Gasteiger partial charge in [-0.3, -0.25) is 4.79 Å². The molecule has 2 aromatic rings. The number of ether oxygens (including phenoxy) is 1. The Bertz CT molecular complexity index is 791. The molecule has 0 aliphatic heterocycles. The number of carbonyl (C=O) groups excluding carboxylic acids is 1. The number of hydrogen-bond donors (Lipinski definition) is 2. The van der Waals surface area contributed by atoms with Gasteiger partial charge in [-0.15, -0.1) is 0 Å². The van der Waals surface area contributed by atoms with E-state index >= 15 is 0 Å². The Morgan fingerprint density at radius 1 is 1.35 bits per heavy atom. The SMILES string of the molecule is COc1nc(-c2cccc(C(=O)NCC3(O)CCCCC3)c2)ncc1F. The van der Waals surface area contributed by atoms with Gasteiger partial charge in [0.05, 0.1) is 18.9 Å². The van der Waals surface area contributed by atoms with Crippen molar-refractivity contribution in [3.8, 4) is 17.3 Å².